The van der Waals surface area contributed by atoms with Gasteiger partial charge in [0.1, 0.15) is 0 Å². The van der Waals surface area contributed by atoms with Crippen molar-refractivity contribution in [2.75, 3.05) is 13.6 Å². The zero-order chi connectivity index (χ0) is 19.3. The van der Waals surface area contributed by atoms with E-state index < -0.39 is 10.0 Å². The molecule has 0 saturated carbocycles. The van der Waals surface area contributed by atoms with Crippen molar-refractivity contribution in [2.24, 2.45) is 5.92 Å². The number of hydrogen-bond acceptors (Lipinski definition) is 3. The molecule has 0 heterocycles. The Morgan fingerprint density at radius 3 is 2.38 bits per heavy atom. The number of sulfonamides is 1. The van der Waals surface area contributed by atoms with Crippen molar-refractivity contribution >= 4 is 15.9 Å². The molecule has 0 unspecified atom stereocenters. The summed E-state index contributed by atoms with van der Waals surface area (Å²) in [4.78, 5) is 12.5. The third kappa shape index (κ3) is 4.93. The summed E-state index contributed by atoms with van der Waals surface area (Å²) in [7, 11) is -2.15. The number of rotatable bonds is 7. The van der Waals surface area contributed by atoms with Crippen LogP contribution in [0.5, 0.6) is 0 Å². The summed E-state index contributed by atoms with van der Waals surface area (Å²) in [6.45, 7) is 6.63. The van der Waals surface area contributed by atoms with Gasteiger partial charge < -0.3 is 5.32 Å². The minimum atomic E-state index is -3.69. The minimum absolute atomic E-state index is 0.122. The van der Waals surface area contributed by atoms with Crippen molar-refractivity contribution in [2.45, 2.75) is 32.2 Å². The quantitative estimate of drug-likeness (QED) is 0.809. The SMILES string of the molecule is Cc1ccc(S(=O)(=O)N(C)Cc2ccccc2)cc1C(=O)NCC(C)C. The second kappa shape index (κ2) is 8.47. The number of benzene rings is 2. The van der Waals surface area contributed by atoms with Gasteiger partial charge >= 0.3 is 0 Å². The fraction of sp³-hybridized carbons (Fsp3) is 0.350. The summed E-state index contributed by atoms with van der Waals surface area (Å²) >= 11 is 0. The lowest BCUT2D eigenvalue weighted by atomic mass is 10.1. The molecule has 0 aromatic heterocycles. The summed E-state index contributed by atoms with van der Waals surface area (Å²) in [6.07, 6.45) is 0. The first-order valence-corrected chi connectivity index (χ1v) is 10.0. The van der Waals surface area contributed by atoms with E-state index in [4.69, 9.17) is 0 Å². The van der Waals surface area contributed by atoms with E-state index >= 15 is 0 Å². The van der Waals surface area contributed by atoms with Gasteiger partial charge in [0.25, 0.3) is 5.91 Å². The summed E-state index contributed by atoms with van der Waals surface area (Å²) in [5.74, 6) is 0.0714. The second-order valence-corrected chi connectivity index (χ2v) is 8.87. The molecule has 140 valence electrons. The van der Waals surface area contributed by atoms with E-state index in [0.29, 0.717) is 18.0 Å². The van der Waals surface area contributed by atoms with E-state index in [0.717, 1.165) is 11.1 Å². The topological polar surface area (TPSA) is 66.5 Å². The van der Waals surface area contributed by atoms with E-state index in [1.807, 2.05) is 44.2 Å². The van der Waals surface area contributed by atoms with Gasteiger partial charge in [-0.05, 0) is 36.1 Å². The molecule has 1 N–H and O–H groups in total. The van der Waals surface area contributed by atoms with Crippen LogP contribution < -0.4 is 5.32 Å². The van der Waals surface area contributed by atoms with Crippen LogP contribution in [0.4, 0.5) is 0 Å². The van der Waals surface area contributed by atoms with Gasteiger partial charge in [0, 0.05) is 25.7 Å². The van der Waals surface area contributed by atoms with Crippen molar-refractivity contribution in [3.8, 4) is 0 Å². The summed E-state index contributed by atoms with van der Waals surface area (Å²) in [5.41, 5.74) is 2.04. The van der Waals surface area contributed by atoms with E-state index in [1.165, 1.54) is 10.4 Å². The molecular weight excluding hydrogens is 348 g/mol. The Kier molecular flexibility index (Phi) is 6.56. The van der Waals surface area contributed by atoms with Gasteiger partial charge in [0.2, 0.25) is 10.0 Å². The molecular formula is C20H26N2O3S. The standard InChI is InChI=1S/C20H26N2O3S/c1-15(2)13-21-20(23)19-12-18(11-10-16(19)3)26(24,25)22(4)14-17-8-6-5-7-9-17/h5-12,15H,13-14H2,1-4H3,(H,21,23). The van der Waals surface area contributed by atoms with Crippen molar-refractivity contribution in [1.82, 2.24) is 9.62 Å². The summed E-state index contributed by atoms with van der Waals surface area (Å²) in [5, 5.41) is 2.84. The van der Waals surface area contributed by atoms with E-state index in [1.54, 1.807) is 26.1 Å². The Hall–Kier alpha value is -2.18. The first kappa shape index (κ1) is 20.1. The lowest BCUT2D eigenvalue weighted by Gasteiger charge is -2.18. The molecule has 2 rings (SSSR count). The molecule has 6 heteroatoms. The molecule has 0 radical (unpaired) electrons. The van der Waals surface area contributed by atoms with E-state index in [2.05, 4.69) is 5.32 Å². The van der Waals surface area contributed by atoms with Crippen LogP contribution in [0.3, 0.4) is 0 Å². The summed E-state index contributed by atoms with van der Waals surface area (Å²) < 4.78 is 27.1. The fourth-order valence-electron chi connectivity index (χ4n) is 2.50. The molecule has 0 aliphatic heterocycles. The van der Waals surface area contributed by atoms with Gasteiger partial charge in [0.15, 0.2) is 0 Å². The highest BCUT2D eigenvalue weighted by Gasteiger charge is 2.23. The number of amides is 1. The Balaban J connectivity index is 2.26. The minimum Gasteiger partial charge on any atom is -0.352 e. The van der Waals surface area contributed by atoms with Crippen molar-refractivity contribution < 1.29 is 13.2 Å². The highest BCUT2D eigenvalue weighted by molar-refractivity contribution is 7.89. The zero-order valence-electron chi connectivity index (χ0n) is 15.7. The van der Waals surface area contributed by atoms with E-state index in [-0.39, 0.29) is 17.3 Å². The van der Waals surface area contributed by atoms with Crippen LogP contribution in [0.25, 0.3) is 0 Å². The largest absolute Gasteiger partial charge is 0.352 e. The molecule has 0 bridgehead atoms. The Bertz CT molecular complexity index is 862. The van der Waals surface area contributed by atoms with Crippen LogP contribution in [0, 0.1) is 12.8 Å². The van der Waals surface area contributed by atoms with Crippen molar-refractivity contribution in [3.63, 3.8) is 0 Å². The van der Waals surface area contributed by atoms with Gasteiger partial charge in [0.05, 0.1) is 4.90 Å². The van der Waals surface area contributed by atoms with Gasteiger partial charge in [-0.1, -0.05) is 50.2 Å². The third-order valence-corrected chi connectivity index (χ3v) is 5.88. The average molecular weight is 375 g/mol. The smallest absolute Gasteiger partial charge is 0.251 e. The van der Waals surface area contributed by atoms with Crippen molar-refractivity contribution in [1.29, 1.82) is 0 Å². The van der Waals surface area contributed by atoms with Crippen LogP contribution in [-0.2, 0) is 16.6 Å². The number of nitrogens with zero attached hydrogens (tertiary/aromatic N) is 1. The molecule has 0 atom stereocenters. The number of hydrogen-bond donors (Lipinski definition) is 1. The predicted octanol–water partition coefficient (Wildman–Crippen LogP) is 3.20. The third-order valence-electron chi connectivity index (χ3n) is 4.08. The molecule has 0 spiro atoms. The maximum Gasteiger partial charge on any atom is 0.251 e. The van der Waals surface area contributed by atoms with Crippen LogP contribution in [0.15, 0.2) is 53.4 Å². The monoisotopic (exact) mass is 374 g/mol. The number of aryl methyl sites for hydroxylation is 1. The molecule has 0 aliphatic carbocycles. The first-order chi connectivity index (χ1) is 12.2. The predicted molar refractivity (Wildman–Crippen MR) is 103 cm³/mol. The molecule has 0 aliphatic rings. The van der Waals surface area contributed by atoms with Crippen LogP contribution in [0.2, 0.25) is 0 Å². The molecule has 2 aromatic carbocycles. The molecule has 26 heavy (non-hydrogen) atoms. The maximum absolute atomic E-state index is 12.9. The van der Waals surface area contributed by atoms with Crippen LogP contribution >= 0.6 is 0 Å². The highest BCUT2D eigenvalue weighted by atomic mass is 32.2. The van der Waals surface area contributed by atoms with Gasteiger partial charge in [-0.25, -0.2) is 8.42 Å². The first-order valence-electron chi connectivity index (χ1n) is 8.61. The van der Waals surface area contributed by atoms with Gasteiger partial charge in [-0.15, -0.1) is 0 Å². The molecule has 5 nitrogen and oxygen atoms in total. The summed E-state index contributed by atoms with van der Waals surface area (Å²) in [6, 6.07) is 14.1. The molecule has 0 saturated heterocycles. The van der Waals surface area contributed by atoms with E-state index in [9.17, 15) is 13.2 Å². The second-order valence-electron chi connectivity index (χ2n) is 6.83. The lowest BCUT2D eigenvalue weighted by Crippen LogP contribution is -2.29. The molecule has 1 amide bonds. The zero-order valence-corrected chi connectivity index (χ0v) is 16.5. The lowest BCUT2D eigenvalue weighted by molar-refractivity contribution is 0.0948. The Morgan fingerprint density at radius 2 is 1.77 bits per heavy atom. The van der Waals surface area contributed by atoms with Crippen LogP contribution in [-0.4, -0.2) is 32.2 Å². The van der Waals surface area contributed by atoms with Crippen LogP contribution in [0.1, 0.15) is 35.3 Å². The number of carbonyl (C=O) groups excluding carboxylic acids is 1. The highest BCUT2D eigenvalue weighted by Crippen LogP contribution is 2.20. The molecule has 2 aromatic rings. The Labute approximate surface area is 156 Å². The van der Waals surface area contributed by atoms with Gasteiger partial charge in [-0.3, -0.25) is 4.79 Å². The van der Waals surface area contributed by atoms with Crippen molar-refractivity contribution in [3.05, 3.63) is 65.2 Å². The van der Waals surface area contributed by atoms with Gasteiger partial charge in [-0.2, -0.15) is 4.31 Å². The number of nitrogens with one attached hydrogen (secondary N) is 1. The Morgan fingerprint density at radius 1 is 1.12 bits per heavy atom. The molecule has 0 fully saturated rings. The maximum atomic E-state index is 12.9. The fourth-order valence-corrected chi connectivity index (χ4v) is 3.69. The normalized spacial score (nSPS) is 11.8. The average Bonchev–Trinajstić information content (AvgIpc) is 2.60. The number of carbonyl (C=O) groups is 1.